The van der Waals surface area contributed by atoms with Crippen molar-refractivity contribution in [3.05, 3.63) is 60.2 Å². The summed E-state index contributed by atoms with van der Waals surface area (Å²) in [5, 5.41) is 3.01. The van der Waals surface area contributed by atoms with Gasteiger partial charge in [-0.2, -0.15) is 0 Å². The van der Waals surface area contributed by atoms with E-state index in [9.17, 15) is 36.4 Å². The van der Waals surface area contributed by atoms with Gasteiger partial charge in [-0.3, -0.25) is 19.1 Å². The van der Waals surface area contributed by atoms with Crippen LogP contribution in [0.2, 0.25) is 0 Å². The van der Waals surface area contributed by atoms with Gasteiger partial charge < -0.3 is 29.8 Å². The number of nitrogens with one attached hydrogen (secondary N) is 2. The smallest absolute Gasteiger partial charge is 0.408 e. The van der Waals surface area contributed by atoms with Gasteiger partial charge >= 0.3 is 6.09 Å². The standard InChI is InChI=1S/C41H47F2N5O9S/c1-41(2,3)57-40(52)46-31(10-8-6-4-5-7-9-22-17-28(22)38(50)47-58(53,54)26-13-14-26)39(51)48-21-25(20-32(48)37(44)49)55-35-29-18-23(42)12-16-30(29)45-34-27-15-11-24(43)19-33(27)56-36(34)35/h7,9,11-12,15-16,18-19,22,25-26,28,31-32H,4-6,8,10,13-14,17,20-21H2,1-3H3,(H2,44,49)(H,46,52)(H,47,50)/b9-7-/t22-,25-,28+,31+,32+/m1/s1. The summed E-state index contributed by atoms with van der Waals surface area (Å²) in [5.74, 6) is -3.13. The van der Waals surface area contributed by atoms with Gasteiger partial charge in [-0.25, -0.2) is 27.0 Å². The number of aromatic nitrogens is 1. The van der Waals surface area contributed by atoms with Crippen molar-refractivity contribution in [3.8, 4) is 5.75 Å². The molecule has 0 unspecified atom stereocenters. The van der Waals surface area contributed by atoms with Crippen LogP contribution in [0, 0.1) is 23.5 Å². The molecule has 4 N–H and O–H groups in total. The number of benzene rings is 2. The summed E-state index contributed by atoms with van der Waals surface area (Å²) in [5.41, 5.74) is 6.06. The van der Waals surface area contributed by atoms with Crippen LogP contribution < -0.4 is 20.5 Å². The topological polar surface area (TPSA) is 200 Å². The number of ether oxygens (including phenoxy) is 2. The fourth-order valence-corrected chi connectivity index (χ4v) is 8.76. The monoisotopic (exact) mass is 823 g/mol. The molecule has 2 aromatic heterocycles. The number of hydrogen-bond acceptors (Lipinski definition) is 10. The van der Waals surface area contributed by atoms with Gasteiger partial charge in [-0.15, -0.1) is 0 Å². The van der Waals surface area contributed by atoms with E-state index in [4.69, 9.17) is 19.6 Å². The van der Waals surface area contributed by atoms with Crippen molar-refractivity contribution in [2.45, 2.75) is 108 Å². The quantitative estimate of drug-likeness (QED) is 0.0960. The molecule has 310 valence electrons. The number of alkyl carbamates (subject to hydrolysis) is 1. The number of likely N-dealkylation sites (tertiary alicyclic amines) is 1. The van der Waals surface area contributed by atoms with Crippen molar-refractivity contribution in [2.24, 2.45) is 17.6 Å². The first-order valence-electron chi connectivity index (χ1n) is 19.6. The van der Waals surface area contributed by atoms with Gasteiger partial charge in [0.05, 0.1) is 17.3 Å². The zero-order chi connectivity index (χ0) is 41.5. The van der Waals surface area contributed by atoms with Crippen molar-refractivity contribution < 1.29 is 50.3 Å². The molecule has 1 aliphatic heterocycles. The van der Waals surface area contributed by atoms with Crippen molar-refractivity contribution in [1.29, 1.82) is 0 Å². The van der Waals surface area contributed by atoms with Crippen LogP contribution in [-0.4, -0.2) is 77.7 Å². The molecule has 2 saturated carbocycles. The minimum Gasteiger partial charge on any atom is -0.484 e. The van der Waals surface area contributed by atoms with Crippen molar-refractivity contribution in [1.82, 2.24) is 19.9 Å². The lowest BCUT2D eigenvalue weighted by atomic mass is 10.0. The lowest BCUT2D eigenvalue weighted by Crippen LogP contribution is -2.53. The van der Waals surface area contributed by atoms with Crippen LogP contribution in [0.3, 0.4) is 0 Å². The number of unbranched alkanes of at least 4 members (excludes halogenated alkanes) is 3. The van der Waals surface area contributed by atoms with Gasteiger partial charge in [-0.1, -0.05) is 25.0 Å². The van der Waals surface area contributed by atoms with Crippen LogP contribution in [0.15, 0.2) is 53.0 Å². The number of pyridine rings is 1. The number of rotatable bonds is 15. The molecular formula is C41H47F2N5O9S. The van der Waals surface area contributed by atoms with E-state index in [1.165, 1.54) is 41.3 Å². The highest BCUT2D eigenvalue weighted by Crippen LogP contribution is 2.42. The second-order valence-corrected chi connectivity index (χ2v) is 18.3. The van der Waals surface area contributed by atoms with Gasteiger partial charge in [0.25, 0.3) is 0 Å². The van der Waals surface area contributed by atoms with Crippen LogP contribution in [0.4, 0.5) is 13.6 Å². The number of furan rings is 1. The Labute approximate surface area is 333 Å². The van der Waals surface area contributed by atoms with Crippen LogP contribution in [-0.2, 0) is 29.1 Å². The number of carbonyl (C=O) groups excluding carboxylic acids is 4. The first-order chi connectivity index (χ1) is 27.5. The Bertz CT molecular complexity index is 2410. The molecule has 0 spiro atoms. The highest BCUT2D eigenvalue weighted by atomic mass is 32.2. The summed E-state index contributed by atoms with van der Waals surface area (Å²) in [7, 11) is -3.57. The fourth-order valence-electron chi connectivity index (χ4n) is 7.40. The first-order valence-corrected chi connectivity index (χ1v) is 21.1. The summed E-state index contributed by atoms with van der Waals surface area (Å²) < 4.78 is 73.0. The molecule has 1 saturated heterocycles. The van der Waals surface area contributed by atoms with Crippen LogP contribution >= 0.6 is 0 Å². The van der Waals surface area contributed by atoms with Gasteiger partial charge in [0.1, 0.15) is 46.5 Å². The summed E-state index contributed by atoms with van der Waals surface area (Å²) in [6.45, 7) is 4.97. The third-order valence-corrected chi connectivity index (χ3v) is 12.4. The second-order valence-electron chi connectivity index (χ2n) is 16.4. The molecule has 3 fully saturated rings. The maximum Gasteiger partial charge on any atom is 0.408 e. The second kappa shape index (κ2) is 16.1. The summed E-state index contributed by atoms with van der Waals surface area (Å²) >= 11 is 0. The lowest BCUT2D eigenvalue weighted by molar-refractivity contribution is -0.139. The Morgan fingerprint density at radius 2 is 1.78 bits per heavy atom. The van der Waals surface area contributed by atoms with Crippen molar-refractivity contribution in [3.63, 3.8) is 0 Å². The molecular weight excluding hydrogens is 777 g/mol. The number of fused-ring (bicyclic) bond motifs is 4. The Kier molecular flexibility index (Phi) is 11.4. The molecule has 7 rings (SSSR count). The van der Waals surface area contributed by atoms with E-state index in [2.05, 4.69) is 15.0 Å². The molecule has 3 heterocycles. The highest BCUT2D eigenvalue weighted by molar-refractivity contribution is 7.90. The summed E-state index contributed by atoms with van der Waals surface area (Å²) in [4.78, 5) is 58.3. The Hall–Kier alpha value is -5.32. The maximum atomic E-state index is 14.6. The normalized spacial score (nSPS) is 21.4. The van der Waals surface area contributed by atoms with Gasteiger partial charge in [0.15, 0.2) is 11.3 Å². The van der Waals surface area contributed by atoms with Crippen molar-refractivity contribution in [2.75, 3.05) is 6.54 Å². The predicted octanol–water partition coefficient (Wildman–Crippen LogP) is 5.89. The molecule has 2 aliphatic carbocycles. The molecule has 17 heteroatoms. The molecule has 2 aromatic carbocycles. The number of nitrogens with two attached hydrogens (primary N) is 1. The number of primary amides is 1. The largest absolute Gasteiger partial charge is 0.484 e. The molecule has 4 aromatic rings. The average Bonchev–Trinajstić information content (AvgIpc) is 4.07. The molecule has 0 radical (unpaired) electrons. The third-order valence-electron chi connectivity index (χ3n) is 10.5. The highest BCUT2D eigenvalue weighted by Gasteiger charge is 2.45. The number of hydrogen-bond donors (Lipinski definition) is 3. The van der Waals surface area contributed by atoms with E-state index in [0.29, 0.717) is 54.9 Å². The van der Waals surface area contributed by atoms with E-state index >= 15 is 0 Å². The lowest BCUT2D eigenvalue weighted by Gasteiger charge is -2.28. The van der Waals surface area contributed by atoms with E-state index in [0.717, 1.165) is 6.42 Å². The summed E-state index contributed by atoms with van der Waals surface area (Å²) in [6.07, 6.45) is 6.90. The van der Waals surface area contributed by atoms with E-state index in [-0.39, 0.29) is 53.5 Å². The van der Waals surface area contributed by atoms with Gasteiger partial charge in [0, 0.05) is 29.2 Å². The fraction of sp³-hybridized carbons (Fsp3) is 0.488. The molecule has 58 heavy (non-hydrogen) atoms. The first kappa shape index (κ1) is 40.9. The summed E-state index contributed by atoms with van der Waals surface area (Å²) in [6, 6.07) is 5.79. The van der Waals surface area contributed by atoms with E-state index < -0.39 is 74.5 Å². The van der Waals surface area contributed by atoms with Crippen LogP contribution in [0.5, 0.6) is 5.75 Å². The van der Waals surface area contributed by atoms with Crippen LogP contribution in [0.25, 0.3) is 33.0 Å². The molecule has 0 bridgehead atoms. The number of carbonyl (C=O) groups is 4. The molecule has 3 aliphatic rings. The van der Waals surface area contributed by atoms with Crippen LogP contribution in [0.1, 0.15) is 78.6 Å². The zero-order valence-corrected chi connectivity index (χ0v) is 33.3. The number of nitrogens with zero attached hydrogens (tertiary/aromatic N) is 2. The molecule has 4 amide bonds. The maximum absolute atomic E-state index is 14.6. The average molecular weight is 824 g/mol. The van der Waals surface area contributed by atoms with Gasteiger partial charge in [0.2, 0.25) is 27.7 Å². The minimum absolute atomic E-state index is 0.00587. The van der Waals surface area contributed by atoms with Gasteiger partial charge in [-0.05, 0) is 95.5 Å². The number of allylic oxidation sites excluding steroid dienone is 2. The Balaban J connectivity index is 1.01. The Morgan fingerprint density at radius 3 is 2.50 bits per heavy atom. The Morgan fingerprint density at radius 1 is 1.03 bits per heavy atom. The SMILES string of the molecule is CC(C)(C)OC(=O)N[C@@H](CCCCC/C=C\[C@@H]1C[C@@H]1C(=O)NS(=O)(=O)C1CC1)C(=O)N1C[C@H](Oc2c3cc(F)ccc3nc3c2oc2cc(F)ccc23)C[C@H]1C(N)=O. The molecule has 5 atom stereocenters. The van der Waals surface area contributed by atoms with Crippen molar-refractivity contribution >= 4 is 66.8 Å². The minimum atomic E-state index is -3.57. The third kappa shape index (κ3) is 9.35. The van der Waals surface area contributed by atoms with E-state index in [1.54, 1.807) is 20.8 Å². The number of halogens is 2. The predicted molar refractivity (Wildman–Crippen MR) is 210 cm³/mol. The zero-order valence-electron chi connectivity index (χ0n) is 32.5. The molecule has 14 nitrogen and oxygen atoms in total. The van der Waals surface area contributed by atoms with E-state index in [1.807, 2.05) is 12.2 Å². The number of sulfonamides is 1. The number of amides is 4.